The largest absolute Gasteiger partial charge is 0.484 e. The minimum Gasteiger partial charge on any atom is -0.484 e. The first-order chi connectivity index (χ1) is 10.7. The van der Waals surface area contributed by atoms with Gasteiger partial charge in [0, 0.05) is 31.6 Å². The van der Waals surface area contributed by atoms with Crippen molar-refractivity contribution < 1.29 is 19.0 Å². The molecule has 5 nitrogen and oxygen atoms in total. The number of rotatable bonds is 6. The molecular formula is C17H23NO4. The molecule has 1 aromatic carbocycles. The van der Waals surface area contributed by atoms with E-state index in [-0.39, 0.29) is 30.6 Å². The zero-order valence-corrected chi connectivity index (χ0v) is 13.1. The minimum absolute atomic E-state index is 0.0392. The molecule has 1 saturated carbocycles. The molecule has 5 heteroatoms. The second-order valence-corrected chi connectivity index (χ2v) is 6.10. The van der Waals surface area contributed by atoms with Crippen LogP contribution in [0.4, 0.5) is 0 Å². The lowest BCUT2D eigenvalue weighted by Crippen LogP contribution is -2.63. The van der Waals surface area contributed by atoms with Crippen molar-refractivity contribution in [1.29, 1.82) is 0 Å². The average molecular weight is 305 g/mol. The Labute approximate surface area is 130 Å². The zero-order chi connectivity index (χ0) is 15.5. The quantitative estimate of drug-likeness (QED) is 0.866. The summed E-state index contributed by atoms with van der Waals surface area (Å²) in [6.07, 6.45) is 1.25. The molecule has 1 heterocycles. The van der Waals surface area contributed by atoms with Gasteiger partial charge in [0.1, 0.15) is 5.75 Å². The van der Waals surface area contributed by atoms with Crippen molar-refractivity contribution in [2.45, 2.75) is 25.5 Å². The molecule has 0 spiro atoms. The highest BCUT2D eigenvalue weighted by molar-refractivity contribution is 5.78. The third-order valence-electron chi connectivity index (χ3n) is 4.61. The zero-order valence-electron chi connectivity index (χ0n) is 13.1. The molecule has 0 aromatic heterocycles. The first-order valence-corrected chi connectivity index (χ1v) is 7.78. The first-order valence-electron chi connectivity index (χ1n) is 7.78. The van der Waals surface area contributed by atoms with Crippen molar-refractivity contribution in [1.82, 2.24) is 5.32 Å². The van der Waals surface area contributed by atoms with Crippen LogP contribution >= 0.6 is 0 Å². The molecule has 4 unspecified atom stereocenters. The second-order valence-electron chi connectivity index (χ2n) is 6.10. The summed E-state index contributed by atoms with van der Waals surface area (Å²) < 4.78 is 16.5. The van der Waals surface area contributed by atoms with Gasteiger partial charge in [-0.05, 0) is 25.5 Å². The topological polar surface area (TPSA) is 56.8 Å². The van der Waals surface area contributed by atoms with E-state index in [2.05, 4.69) is 5.32 Å². The van der Waals surface area contributed by atoms with Crippen LogP contribution in [0.25, 0.3) is 0 Å². The molecular weight excluding hydrogens is 282 g/mol. The fraction of sp³-hybridized carbons (Fsp3) is 0.588. The predicted molar refractivity (Wildman–Crippen MR) is 81.8 cm³/mol. The number of ether oxygens (including phenoxy) is 3. The fourth-order valence-electron chi connectivity index (χ4n) is 3.45. The van der Waals surface area contributed by atoms with Crippen LogP contribution in [-0.2, 0) is 14.3 Å². The number of methoxy groups -OCH3 is 1. The maximum absolute atomic E-state index is 12.1. The lowest BCUT2D eigenvalue weighted by atomic mass is 9.67. The van der Waals surface area contributed by atoms with E-state index in [0.29, 0.717) is 18.3 Å². The molecule has 0 bridgehead atoms. The van der Waals surface area contributed by atoms with Crippen LogP contribution in [0.1, 0.15) is 12.0 Å². The number of carbonyl (C=O) groups excluding carboxylic acids is 1. The molecule has 22 heavy (non-hydrogen) atoms. The number of amides is 1. The summed E-state index contributed by atoms with van der Waals surface area (Å²) in [6, 6.07) is 7.82. The molecule has 1 aliphatic carbocycles. The minimum atomic E-state index is -0.0861. The Hall–Kier alpha value is -1.59. The summed E-state index contributed by atoms with van der Waals surface area (Å²) in [5.41, 5.74) is 1.17. The standard InChI is InChI=1S/C17H23NO4/c1-11-3-5-12(6-4-11)22-10-15(19)18-16-13-7-8-21-17(13)14(16)9-20-2/h3-6,13-14,16-17H,7-10H2,1-2H3,(H,18,19). The monoisotopic (exact) mass is 305 g/mol. The number of hydrogen-bond acceptors (Lipinski definition) is 4. The third-order valence-corrected chi connectivity index (χ3v) is 4.61. The van der Waals surface area contributed by atoms with Crippen molar-refractivity contribution in [2.75, 3.05) is 26.9 Å². The van der Waals surface area contributed by atoms with Crippen molar-refractivity contribution >= 4 is 5.91 Å². The molecule has 1 aliphatic heterocycles. The molecule has 3 rings (SSSR count). The summed E-state index contributed by atoms with van der Waals surface area (Å²) in [6.45, 7) is 3.45. The first kappa shape index (κ1) is 15.3. The van der Waals surface area contributed by atoms with E-state index in [1.807, 2.05) is 31.2 Å². The Morgan fingerprint density at radius 1 is 1.36 bits per heavy atom. The Bertz CT molecular complexity index is 516. The SMILES string of the molecule is COCC1C(NC(=O)COc2ccc(C)cc2)C2CCOC21. The van der Waals surface area contributed by atoms with Crippen LogP contribution in [0.3, 0.4) is 0 Å². The van der Waals surface area contributed by atoms with E-state index >= 15 is 0 Å². The number of aryl methyl sites for hydroxylation is 1. The number of carbonyl (C=O) groups is 1. The van der Waals surface area contributed by atoms with E-state index in [9.17, 15) is 4.79 Å². The number of nitrogens with one attached hydrogen (secondary N) is 1. The lowest BCUT2D eigenvalue weighted by Gasteiger charge is -2.47. The molecule has 1 amide bonds. The van der Waals surface area contributed by atoms with E-state index in [1.165, 1.54) is 5.56 Å². The lowest BCUT2D eigenvalue weighted by molar-refractivity contribution is -0.131. The maximum atomic E-state index is 12.1. The van der Waals surface area contributed by atoms with Gasteiger partial charge in [0.05, 0.1) is 12.7 Å². The normalized spacial score (nSPS) is 29.5. The van der Waals surface area contributed by atoms with Gasteiger partial charge >= 0.3 is 0 Å². The van der Waals surface area contributed by atoms with Crippen molar-refractivity contribution in [3.63, 3.8) is 0 Å². The summed E-state index contributed by atoms with van der Waals surface area (Å²) >= 11 is 0. The highest BCUT2D eigenvalue weighted by Gasteiger charge is 2.54. The van der Waals surface area contributed by atoms with E-state index < -0.39 is 0 Å². The average Bonchev–Trinajstić information content (AvgIpc) is 2.94. The molecule has 2 aliphatic rings. The van der Waals surface area contributed by atoms with Crippen molar-refractivity contribution in [2.24, 2.45) is 11.8 Å². The summed E-state index contributed by atoms with van der Waals surface area (Å²) in [7, 11) is 1.68. The van der Waals surface area contributed by atoms with Gasteiger partial charge in [0.25, 0.3) is 5.91 Å². The molecule has 0 radical (unpaired) electrons. The Morgan fingerprint density at radius 3 is 2.86 bits per heavy atom. The van der Waals surface area contributed by atoms with Crippen LogP contribution in [0.15, 0.2) is 24.3 Å². The van der Waals surface area contributed by atoms with E-state index in [1.54, 1.807) is 7.11 Å². The molecule has 1 aromatic rings. The van der Waals surface area contributed by atoms with E-state index in [0.717, 1.165) is 13.0 Å². The van der Waals surface area contributed by atoms with E-state index in [4.69, 9.17) is 14.2 Å². The fourth-order valence-corrected chi connectivity index (χ4v) is 3.45. The molecule has 1 saturated heterocycles. The highest BCUT2D eigenvalue weighted by atomic mass is 16.5. The van der Waals surface area contributed by atoms with Gasteiger partial charge in [-0.2, -0.15) is 0 Å². The summed E-state index contributed by atoms with van der Waals surface area (Å²) in [5.74, 6) is 1.30. The molecule has 1 N–H and O–H groups in total. The number of benzene rings is 1. The summed E-state index contributed by atoms with van der Waals surface area (Å²) in [5, 5.41) is 3.08. The molecule has 120 valence electrons. The maximum Gasteiger partial charge on any atom is 0.258 e. The summed E-state index contributed by atoms with van der Waals surface area (Å²) in [4.78, 5) is 12.1. The molecule has 4 atom stereocenters. The second kappa shape index (κ2) is 6.67. The van der Waals surface area contributed by atoms with Crippen molar-refractivity contribution in [3.05, 3.63) is 29.8 Å². The van der Waals surface area contributed by atoms with Gasteiger partial charge in [-0.1, -0.05) is 17.7 Å². The number of fused-ring (bicyclic) bond motifs is 1. The Kier molecular flexibility index (Phi) is 4.64. The van der Waals surface area contributed by atoms with Crippen LogP contribution in [0.2, 0.25) is 0 Å². The predicted octanol–water partition coefficient (Wildman–Crippen LogP) is 1.54. The van der Waals surface area contributed by atoms with Gasteiger partial charge in [-0.15, -0.1) is 0 Å². The van der Waals surface area contributed by atoms with Gasteiger partial charge in [-0.3, -0.25) is 4.79 Å². The Morgan fingerprint density at radius 2 is 2.14 bits per heavy atom. The molecule has 2 fully saturated rings. The van der Waals surface area contributed by atoms with Crippen LogP contribution in [0, 0.1) is 18.8 Å². The highest BCUT2D eigenvalue weighted by Crippen LogP contribution is 2.43. The number of hydrogen-bond donors (Lipinski definition) is 1. The van der Waals surface area contributed by atoms with Gasteiger partial charge in [0.15, 0.2) is 6.61 Å². The Balaban J connectivity index is 1.49. The van der Waals surface area contributed by atoms with Gasteiger partial charge in [-0.25, -0.2) is 0 Å². The van der Waals surface area contributed by atoms with Crippen LogP contribution < -0.4 is 10.1 Å². The van der Waals surface area contributed by atoms with Crippen molar-refractivity contribution in [3.8, 4) is 5.75 Å². The van der Waals surface area contributed by atoms with Crippen LogP contribution in [-0.4, -0.2) is 45.0 Å². The third kappa shape index (κ3) is 3.10. The smallest absolute Gasteiger partial charge is 0.258 e. The van der Waals surface area contributed by atoms with Gasteiger partial charge < -0.3 is 19.5 Å². The van der Waals surface area contributed by atoms with Gasteiger partial charge in [0.2, 0.25) is 0 Å². The van der Waals surface area contributed by atoms with Crippen LogP contribution in [0.5, 0.6) is 5.75 Å².